The van der Waals surface area contributed by atoms with Crippen LogP contribution < -0.4 is 5.32 Å². The Bertz CT molecular complexity index is 409. The van der Waals surface area contributed by atoms with Gasteiger partial charge in [-0.15, -0.1) is 0 Å². The van der Waals surface area contributed by atoms with Crippen LogP contribution in [0.3, 0.4) is 0 Å². The zero-order valence-electron chi connectivity index (χ0n) is 8.59. The summed E-state index contributed by atoms with van der Waals surface area (Å²) in [7, 11) is 0. The minimum absolute atomic E-state index is 0.0507. The summed E-state index contributed by atoms with van der Waals surface area (Å²) < 4.78 is 0. The lowest BCUT2D eigenvalue weighted by Gasteiger charge is -2.15. The molecule has 0 radical (unpaired) electrons. The van der Waals surface area contributed by atoms with E-state index in [0.29, 0.717) is 0 Å². The first-order valence-corrected chi connectivity index (χ1v) is 5.03. The van der Waals surface area contributed by atoms with Crippen molar-refractivity contribution in [2.45, 2.75) is 12.5 Å². The smallest absolute Gasteiger partial charge is 0.322 e. The van der Waals surface area contributed by atoms with E-state index in [1.807, 2.05) is 30.4 Å². The van der Waals surface area contributed by atoms with Gasteiger partial charge in [0.15, 0.2) is 0 Å². The Morgan fingerprint density at radius 2 is 2.25 bits per heavy atom. The van der Waals surface area contributed by atoms with E-state index < -0.39 is 5.97 Å². The molecule has 1 saturated heterocycles. The lowest BCUT2D eigenvalue weighted by molar-refractivity contribution is -0.137. The fourth-order valence-electron chi connectivity index (χ4n) is 1.74. The van der Waals surface area contributed by atoms with E-state index in [-0.39, 0.29) is 25.0 Å². The van der Waals surface area contributed by atoms with Gasteiger partial charge in [0.1, 0.15) is 0 Å². The van der Waals surface area contributed by atoms with Crippen LogP contribution in [0.4, 0.5) is 4.79 Å². The van der Waals surface area contributed by atoms with Crippen molar-refractivity contribution in [3.63, 3.8) is 0 Å². The van der Waals surface area contributed by atoms with Crippen LogP contribution in [0.1, 0.15) is 6.42 Å². The van der Waals surface area contributed by atoms with Crippen molar-refractivity contribution < 1.29 is 14.7 Å². The molecule has 2 aliphatic rings. The fraction of sp³-hybridized carbons (Fsp3) is 0.273. The lowest BCUT2D eigenvalue weighted by atomic mass is 10.2. The van der Waals surface area contributed by atoms with E-state index in [9.17, 15) is 9.59 Å². The number of fused-ring (bicyclic) bond motifs is 1. The van der Waals surface area contributed by atoms with Crippen LogP contribution >= 0.6 is 0 Å². The molecule has 1 fully saturated rings. The van der Waals surface area contributed by atoms with Gasteiger partial charge in [-0.05, 0) is 6.08 Å². The molecule has 84 valence electrons. The molecule has 0 aromatic rings. The maximum Gasteiger partial charge on any atom is 0.322 e. The third-order valence-corrected chi connectivity index (χ3v) is 2.50. The molecule has 16 heavy (non-hydrogen) atoms. The van der Waals surface area contributed by atoms with E-state index in [1.165, 1.54) is 4.90 Å². The molecule has 1 atom stereocenters. The van der Waals surface area contributed by atoms with Gasteiger partial charge in [0, 0.05) is 12.2 Å². The van der Waals surface area contributed by atoms with Crippen molar-refractivity contribution in [2.24, 2.45) is 0 Å². The number of carbonyl (C=O) groups excluding carboxylic acids is 1. The number of urea groups is 1. The first kappa shape index (κ1) is 10.5. The SMILES string of the molecule is O=C(O)CCN1C(=O)NC2C=CC=CC=C21. The topological polar surface area (TPSA) is 69.6 Å². The Kier molecular flexibility index (Phi) is 2.76. The average Bonchev–Trinajstić information content (AvgIpc) is 2.40. The van der Waals surface area contributed by atoms with Gasteiger partial charge in [-0.2, -0.15) is 0 Å². The summed E-state index contributed by atoms with van der Waals surface area (Å²) in [5.41, 5.74) is 0.802. The van der Waals surface area contributed by atoms with Crippen LogP contribution in [-0.4, -0.2) is 34.6 Å². The highest BCUT2D eigenvalue weighted by atomic mass is 16.4. The molecule has 1 aliphatic carbocycles. The van der Waals surface area contributed by atoms with E-state index >= 15 is 0 Å². The van der Waals surface area contributed by atoms with Gasteiger partial charge >= 0.3 is 12.0 Å². The molecule has 0 spiro atoms. The van der Waals surface area contributed by atoms with E-state index in [4.69, 9.17) is 5.11 Å². The van der Waals surface area contributed by atoms with Gasteiger partial charge in [-0.25, -0.2) is 4.79 Å². The Hall–Kier alpha value is -2.04. The zero-order chi connectivity index (χ0) is 11.5. The minimum atomic E-state index is -0.906. The molecular formula is C11H12N2O3. The minimum Gasteiger partial charge on any atom is -0.481 e. The number of allylic oxidation sites excluding steroid dienone is 4. The second-order valence-electron chi connectivity index (χ2n) is 3.58. The molecule has 0 aromatic carbocycles. The molecular weight excluding hydrogens is 208 g/mol. The van der Waals surface area contributed by atoms with Crippen molar-refractivity contribution >= 4 is 12.0 Å². The van der Waals surface area contributed by atoms with Crippen molar-refractivity contribution in [3.8, 4) is 0 Å². The van der Waals surface area contributed by atoms with Crippen molar-refractivity contribution in [1.29, 1.82) is 0 Å². The van der Waals surface area contributed by atoms with Crippen molar-refractivity contribution in [3.05, 3.63) is 36.1 Å². The molecule has 5 nitrogen and oxygen atoms in total. The fourth-order valence-corrected chi connectivity index (χ4v) is 1.74. The van der Waals surface area contributed by atoms with Crippen LogP contribution in [-0.2, 0) is 4.79 Å². The number of carbonyl (C=O) groups is 2. The number of hydrogen-bond acceptors (Lipinski definition) is 2. The van der Waals surface area contributed by atoms with Crippen LogP contribution in [0.2, 0.25) is 0 Å². The van der Waals surface area contributed by atoms with Gasteiger partial charge in [0.25, 0.3) is 0 Å². The number of nitrogens with one attached hydrogen (secondary N) is 1. The maximum atomic E-state index is 11.6. The van der Waals surface area contributed by atoms with Gasteiger partial charge in [-0.3, -0.25) is 9.69 Å². The Labute approximate surface area is 92.7 Å². The third-order valence-electron chi connectivity index (χ3n) is 2.50. The van der Waals surface area contributed by atoms with E-state index in [0.717, 1.165) is 5.70 Å². The van der Waals surface area contributed by atoms with Crippen molar-refractivity contribution in [1.82, 2.24) is 10.2 Å². The average molecular weight is 220 g/mol. The standard InChI is InChI=1S/C11H12N2O3/c14-10(15)6-7-13-9-5-3-1-2-4-8(9)12-11(13)16/h1-5,8H,6-7H2,(H,12,16)(H,14,15). The molecule has 2 amide bonds. The second-order valence-corrected chi connectivity index (χ2v) is 3.58. The van der Waals surface area contributed by atoms with Gasteiger partial charge in [-0.1, -0.05) is 24.3 Å². The number of aliphatic carboxylic acids is 1. The van der Waals surface area contributed by atoms with Gasteiger partial charge in [0.05, 0.1) is 12.5 Å². The number of rotatable bonds is 3. The molecule has 5 heteroatoms. The summed E-state index contributed by atoms with van der Waals surface area (Å²) in [5.74, 6) is -0.906. The number of hydrogen-bond donors (Lipinski definition) is 2. The van der Waals surface area contributed by atoms with E-state index in [1.54, 1.807) is 0 Å². The monoisotopic (exact) mass is 220 g/mol. The first-order chi connectivity index (χ1) is 7.68. The summed E-state index contributed by atoms with van der Waals surface area (Å²) in [6.07, 6.45) is 9.20. The first-order valence-electron chi connectivity index (χ1n) is 5.03. The predicted molar refractivity (Wildman–Crippen MR) is 57.6 cm³/mol. The molecule has 2 rings (SSSR count). The summed E-state index contributed by atoms with van der Waals surface area (Å²) in [6.45, 7) is 0.200. The number of amides is 2. The largest absolute Gasteiger partial charge is 0.481 e. The Morgan fingerprint density at radius 1 is 1.44 bits per heavy atom. The number of carboxylic acid groups (broad SMARTS) is 1. The Balaban J connectivity index is 2.15. The second kappa shape index (κ2) is 4.22. The summed E-state index contributed by atoms with van der Waals surface area (Å²) in [5, 5.41) is 11.4. The summed E-state index contributed by atoms with van der Waals surface area (Å²) >= 11 is 0. The molecule has 1 unspecified atom stereocenters. The number of carboxylic acids is 1. The quantitative estimate of drug-likeness (QED) is 0.741. The van der Waals surface area contributed by atoms with Crippen LogP contribution in [0, 0.1) is 0 Å². The van der Waals surface area contributed by atoms with Crippen LogP contribution in [0.15, 0.2) is 36.1 Å². The van der Waals surface area contributed by atoms with Crippen LogP contribution in [0.5, 0.6) is 0 Å². The molecule has 0 bridgehead atoms. The third kappa shape index (κ3) is 1.98. The zero-order valence-corrected chi connectivity index (χ0v) is 8.59. The molecule has 0 saturated carbocycles. The van der Waals surface area contributed by atoms with E-state index in [2.05, 4.69) is 5.32 Å². The van der Waals surface area contributed by atoms with Crippen LogP contribution in [0.25, 0.3) is 0 Å². The lowest BCUT2D eigenvalue weighted by Crippen LogP contribution is -2.29. The normalized spacial score (nSPS) is 22.5. The predicted octanol–water partition coefficient (Wildman–Crippen LogP) is 0.865. The molecule has 0 aromatic heterocycles. The highest BCUT2D eigenvalue weighted by Gasteiger charge is 2.32. The molecule has 2 N–H and O–H groups in total. The van der Waals surface area contributed by atoms with Crippen molar-refractivity contribution in [2.75, 3.05) is 6.54 Å². The van der Waals surface area contributed by atoms with Gasteiger partial charge < -0.3 is 10.4 Å². The highest BCUT2D eigenvalue weighted by Crippen LogP contribution is 2.20. The summed E-state index contributed by atoms with van der Waals surface area (Å²) in [6, 6.07) is -0.381. The summed E-state index contributed by atoms with van der Waals surface area (Å²) in [4.78, 5) is 23.5. The molecule has 1 aliphatic heterocycles. The molecule has 1 heterocycles. The van der Waals surface area contributed by atoms with Gasteiger partial charge in [0.2, 0.25) is 0 Å². The Morgan fingerprint density at radius 3 is 3.00 bits per heavy atom. The highest BCUT2D eigenvalue weighted by molar-refractivity contribution is 5.82. The maximum absolute atomic E-state index is 11.6. The number of nitrogens with zero attached hydrogens (tertiary/aromatic N) is 1.